The van der Waals surface area contributed by atoms with Crippen LogP contribution in [0.5, 0.6) is 0 Å². The van der Waals surface area contributed by atoms with Crippen molar-refractivity contribution in [3.05, 3.63) is 41.1 Å². The highest BCUT2D eigenvalue weighted by molar-refractivity contribution is 5.83. The lowest BCUT2D eigenvalue weighted by Crippen LogP contribution is -2.45. The molecule has 1 saturated heterocycles. The van der Waals surface area contributed by atoms with Crippen LogP contribution in [0.4, 0.5) is 5.69 Å². The summed E-state index contributed by atoms with van der Waals surface area (Å²) in [4.78, 5) is 14.9. The van der Waals surface area contributed by atoms with Gasteiger partial charge in [0.25, 0.3) is 0 Å². The van der Waals surface area contributed by atoms with Crippen molar-refractivity contribution in [3.63, 3.8) is 0 Å². The number of carbonyl (C=O) groups is 1. The zero-order valence-electron chi connectivity index (χ0n) is 13.3. The van der Waals surface area contributed by atoms with Crippen molar-refractivity contribution in [2.45, 2.75) is 51.4 Å². The predicted molar refractivity (Wildman–Crippen MR) is 88.1 cm³/mol. The molecule has 0 aromatic heterocycles. The summed E-state index contributed by atoms with van der Waals surface area (Å²) in [6, 6.07) is 8.07. The van der Waals surface area contributed by atoms with Crippen LogP contribution in [-0.4, -0.2) is 17.4 Å². The number of nitrogens with zero attached hydrogens (tertiary/aromatic N) is 1. The minimum atomic E-state index is 0.200. The van der Waals surface area contributed by atoms with Gasteiger partial charge in [0.2, 0.25) is 5.91 Å². The molecule has 4 rings (SSSR count). The van der Waals surface area contributed by atoms with E-state index in [-0.39, 0.29) is 11.3 Å². The molecule has 22 heavy (non-hydrogen) atoms. The van der Waals surface area contributed by atoms with Crippen molar-refractivity contribution in [3.8, 4) is 0 Å². The first-order chi connectivity index (χ1) is 10.7. The van der Waals surface area contributed by atoms with Gasteiger partial charge in [-0.15, -0.1) is 0 Å². The highest BCUT2D eigenvalue weighted by Gasteiger charge is 2.50. The summed E-state index contributed by atoms with van der Waals surface area (Å²) in [7, 11) is 0. The summed E-state index contributed by atoms with van der Waals surface area (Å²) in [6.07, 6.45) is 6.46. The molecule has 0 spiro atoms. The summed E-state index contributed by atoms with van der Waals surface area (Å²) >= 11 is 0. The van der Waals surface area contributed by atoms with Gasteiger partial charge >= 0.3 is 0 Å². The average Bonchev–Trinajstić information content (AvgIpc) is 2.93. The number of allylic oxidation sites excluding steroid dienone is 2. The van der Waals surface area contributed by atoms with Crippen LogP contribution < -0.4 is 5.73 Å². The Balaban J connectivity index is 1.86. The molecule has 2 N–H and O–H groups in total. The highest BCUT2D eigenvalue weighted by atomic mass is 16.2. The average molecular weight is 296 g/mol. The van der Waals surface area contributed by atoms with Gasteiger partial charge in [-0.1, -0.05) is 25.1 Å². The second-order valence-corrected chi connectivity index (χ2v) is 7.04. The second kappa shape index (κ2) is 4.87. The molecule has 0 unspecified atom stereocenters. The Morgan fingerprint density at radius 2 is 2.14 bits per heavy atom. The first-order valence-corrected chi connectivity index (χ1v) is 8.54. The quantitative estimate of drug-likeness (QED) is 0.843. The van der Waals surface area contributed by atoms with Crippen molar-refractivity contribution in [2.75, 3.05) is 12.3 Å². The number of nitrogen functional groups attached to an aromatic ring is 1. The van der Waals surface area contributed by atoms with E-state index in [2.05, 4.69) is 17.9 Å². The van der Waals surface area contributed by atoms with Crippen LogP contribution in [-0.2, 0) is 4.79 Å². The smallest absolute Gasteiger partial charge is 0.227 e. The molecule has 2 heterocycles. The number of para-hydroxylation sites is 1. The monoisotopic (exact) mass is 296 g/mol. The van der Waals surface area contributed by atoms with Gasteiger partial charge in [0, 0.05) is 35.7 Å². The van der Waals surface area contributed by atoms with Crippen LogP contribution in [0, 0.1) is 5.41 Å². The summed E-state index contributed by atoms with van der Waals surface area (Å²) in [6.45, 7) is 3.20. The molecule has 1 aliphatic carbocycles. The van der Waals surface area contributed by atoms with Gasteiger partial charge in [0.05, 0.1) is 0 Å². The third kappa shape index (κ3) is 1.77. The van der Waals surface area contributed by atoms with E-state index in [4.69, 9.17) is 5.73 Å². The zero-order chi connectivity index (χ0) is 15.3. The summed E-state index contributed by atoms with van der Waals surface area (Å²) in [5.41, 5.74) is 11.3. The molecule has 0 saturated carbocycles. The molecule has 0 bridgehead atoms. The minimum Gasteiger partial charge on any atom is -0.398 e. The summed E-state index contributed by atoms with van der Waals surface area (Å²) in [5.74, 6) is 0.498. The van der Waals surface area contributed by atoms with Crippen LogP contribution >= 0.6 is 0 Å². The van der Waals surface area contributed by atoms with E-state index >= 15 is 0 Å². The Hall–Kier alpha value is -1.77. The number of rotatable bonds is 2. The molecule has 1 fully saturated rings. The summed E-state index contributed by atoms with van der Waals surface area (Å²) < 4.78 is 0. The highest BCUT2D eigenvalue weighted by Crippen LogP contribution is 2.58. The molecular weight excluding hydrogens is 272 g/mol. The predicted octanol–water partition coefficient (Wildman–Crippen LogP) is 3.82. The maximum Gasteiger partial charge on any atom is 0.227 e. The Bertz CT molecular complexity index is 663. The van der Waals surface area contributed by atoms with E-state index in [1.807, 2.05) is 18.2 Å². The van der Waals surface area contributed by atoms with Gasteiger partial charge in [-0.2, -0.15) is 0 Å². The fourth-order valence-electron chi connectivity index (χ4n) is 4.99. The summed E-state index contributed by atoms with van der Waals surface area (Å²) in [5, 5.41) is 0. The molecule has 1 aromatic carbocycles. The van der Waals surface area contributed by atoms with Crippen molar-refractivity contribution in [2.24, 2.45) is 5.41 Å². The first-order valence-electron chi connectivity index (χ1n) is 8.54. The van der Waals surface area contributed by atoms with Crippen molar-refractivity contribution in [1.29, 1.82) is 0 Å². The number of amides is 1. The van der Waals surface area contributed by atoms with Gasteiger partial charge in [0.15, 0.2) is 0 Å². The fourth-order valence-corrected chi connectivity index (χ4v) is 4.99. The topological polar surface area (TPSA) is 46.3 Å². The lowest BCUT2D eigenvalue weighted by Gasteiger charge is -2.45. The van der Waals surface area contributed by atoms with Crippen LogP contribution in [0.1, 0.15) is 56.9 Å². The fraction of sp³-hybridized carbons (Fsp3) is 0.526. The maximum absolute atomic E-state index is 12.8. The van der Waals surface area contributed by atoms with Gasteiger partial charge < -0.3 is 10.6 Å². The molecule has 1 aromatic rings. The second-order valence-electron chi connectivity index (χ2n) is 7.04. The number of hydrogen-bond donors (Lipinski definition) is 1. The standard InChI is InChI=1S/C19H24N2O/c1-2-19-9-5-11-21-17(22)12-15(14(8-10-19)18(19)21)13-6-3-4-7-16(13)20/h3-4,6-7,15H,2,5,8-12,20H2,1H3/t15-,19-/m0/s1. The number of benzene rings is 1. The molecule has 116 valence electrons. The van der Waals surface area contributed by atoms with E-state index in [0.717, 1.165) is 37.1 Å². The van der Waals surface area contributed by atoms with E-state index < -0.39 is 0 Å². The Labute approximate surface area is 132 Å². The Kier molecular flexibility index (Phi) is 3.07. The third-order valence-corrected chi connectivity index (χ3v) is 6.13. The molecule has 3 nitrogen and oxygen atoms in total. The van der Waals surface area contributed by atoms with Gasteiger partial charge in [0.1, 0.15) is 0 Å². The normalized spacial score (nSPS) is 30.7. The van der Waals surface area contributed by atoms with E-state index in [9.17, 15) is 4.79 Å². The molecule has 3 aliphatic rings. The molecular formula is C19H24N2O. The van der Waals surface area contributed by atoms with E-state index in [1.165, 1.54) is 24.1 Å². The number of carbonyl (C=O) groups excluding carboxylic acids is 1. The van der Waals surface area contributed by atoms with Crippen molar-refractivity contribution < 1.29 is 4.79 Å². The van der Waals surface area contributed by atoms with E-state index in [0.29, 0.717) is 12.3 Å². The molecule has 2 aliphatic heterocycles. The van der Waals surface area contributed by atoms with Crippen molar-refractivity contribution in [1.82, 2.24) is 4.90 Å². The van der Waals surface area contributed by atoms with Gasteiger partial charge in [-0.3, -0.25) is 4.79 Å². The Morgan fingerprint density at radius 3 is 2.91 bits per heavy atom. The van der Waals surface area contributed by atoms with Crippen LogP contribution in [0.25, 0.3) is 0 Å². The van der Waals surface area contributed by atoms with Crippen LogP contribution in [0.2, 0.25) is 0 Å². The molecule has 2 atom stereocenters. The number of piperidine rings is 1. The molecule has 0 radical (unpaired) electrons. The number of nitrogens with two attached hydrogens (primary N) is 1. The molecule has 3 heteroatoms. The zero-order valence-corrected chi connectivity index (χ0v) is 13.3. The lowest BCUT2D eigenvalue weighted by molar-refractivity contribution is -0.132. The van der Waals surface area contributed by atoms with Gasteiger partial charge in [-0.05, 0) is 49.3 Å². The number of hydrogen-bond acceptors (Lipinski definition) is 2. The van der Waals surface area contributed by atoms with Gasteiger partial charge in [-0.25, -0.2) is 0 Å². The first kappa shape index (κ1) is 13.9. The third-order valence-electron chi connectivity index (χ3n) is 6.13. The van der Waals surface area contributed by atoms with Crippen molar-refractivity contribution >= 4 is 11.6 Å². The SMILES string of the molecule is CC[C@@]12CCCN3C(=O)C[C@@H](c4ccccc4N)C(=C31)CC2. The van der Waals surface area contributed by atoms with E-state index in [1.54, 1.807) is 0 Å². The molecule has 1 amide bonds. The Morgan fingerprint density at radius 1 is 1.32 bits per heavy atom. The lowest BCUT2D eigenvalue weighted by atomic mass is 9.73. The van der Waals surface area contributed by atoms with Crippen LogP contribution in [0.15, 0.2) is 35.5 Å². The largest absolute Gasteiger partial charge is 0.398 e. The minimum absolute atomic E-state index is 0.200. The van der Waals surface area contributed by atoms with Crippen LogP contribution in [0.3, 0.4) is 0 Å². The maximum atomic E-state index is 12.8. The number of anilines is 1.